The highest BCUT2D eigenvalue weighted by atomic mass is 16.6. The van der Waals surface area contributed by atoms with Crippen LogP contribution in [0.5, 0.6) is 5.75 Å². The minimum absolute atomic E-state index is 0.0789. The van der Waals surface area contributed by atoms with Crippen molar-refractivity contribution in [1.29, 1.82) is 0 Å². The molecule has 0 radical (unpaired) electrons. The Hall–Kier alpha value is -3.34. The maximum absolute atomic E-state index is 11.0. The number of aromatic hydroxyl groups is 1. The molecular weight excluding hydrogens is 328 g/mol. The van der Waals surface area contributed by atoms with E-state index in [1.165, 1.54) is 12.1 Å². The molecule has 3 rings (SSSR count). The van der Waals surface area contributed by atoms with Crippen LogP contribution in [0.1, 0.15) is 22.6 Å². The lowest BCUT2D eigenvalue weighted by Crippen LogP contribution is -2.09. The van der Waals surface area contributed by atoms with Gasteiger partial charge in [-0.2, -0.15) is 0 Å². The summed E-state index contributed by atoms with van der Waals surface area (Å²) in [6.07, 6.45) is 0. The number of anilines is 1. The molecule has 0 aliphatic heterocycles. The van der Waals surface area contributed by atoms with Crippen LogP contribution < -0.4 is 4.90 Å². The molecule has 1 N–H and O–H groups in total. The molecule has 3 aromatic carbocycles. The van der Waals surface area contributed by atoms with Crippen LogP contribution in [0.15, 0.2) is 72.8 Å². The van der Waals surface area contributed by atoms with E-state index >= 15 is 0 Å². The van der Waals surface area contributed by atoms with Gasteiger partial charge in [-0.15, -0.1) is 0 Å². The van der Waals surface area contributed by atoms with Crippen LogP contribution >= 0.6 is 0 Å². The standard InChI is InChI=1S/C21H20N2O3/c1-22(2)17-10-8-16(9-11-17)21(15-6-4-3-5-7-15)19-13-12-18(23(25)26)14-20(19)24/h3-14,21,24H,1-2H3. The maximum atomic E-state index is 11.0. The van der Waals surface area contributed by atoms with Gasteiger partial charge < -0.3 is 10.0 Å². The average molecular weight is 348 g/mol. The summed E-state index contributed by atoms with van der Waals surface area (Å²) in [5.74, 6) is -0.294. The van der Waals surface area contributed by atoms with Crippen molar-refractivity contribution in [3.8, 4) is 5.75 Å². The first-order valence-electron chi connectivity index (χ1n) is 8.27. The van der Waals surface area contributed by atoms with Crippen molar-refractivity contribution in [2.75, 3.05) is 19.0 Å². The molecule has 0 aliphatic rings. The Labute approximate surface area is 152 Å². The lowest BCUT2D eigenvalue weighted by molar-refractivity contribution is -0.384. The molecule has 0 bridgehead atoms. The van der Waals surface area contributed by atoms with Gasteiger partial charge in [-0.25, -0.2) is 0 Å². The fraction of sp³-hybridized carbons (Fsp3) is 0.143. The number of phenols is 1. The van der Waals surface area contributed by atoms with E-state index in [2.05, 4.69) is 0 Å². The number of hydrogen-bond acceptors (Lipinski definition) is 4. The topological polar surface area (TPSA) is 66.6 Å². The van der Waals surface area contributed by atoms with Crippen molar-refractivity contribution in [2.45, 2.75) is 5.92 Å². The van der Waals surface area contributed by atoms with E-state index in [1.54, 1.807) is 6.07 Å². The quantitative estimate of drug-likeness (QED) is 0.417. The first-order chi connectivity index (χ1) is 12.5. The first kappa shape index (κ1) is 17.5. The molecule has 5 nitrogen and oxygen atoms in total. The van der Waals surface area contributed by atoms with Crippen LogP contribution in [0.3, 0.4) is 0 Å². The Morgan fingerprint density at radius 3 is 2.08 bits per heavy atom. The second-order valence-corrected chi connectivity index (χ2v) is 6.33. The van der Waals surface area contributed by atoms with Gasteiger partial charge in [-0.1, -0.05) is 42.5 Å². The monoisotopic (exact) mass is 348 g/mol. The number of nitrogens with zero attached hydrogens (tertiary/aromatic N) is 2. The Balaban J connectivity index is 2.12. The number of non-ortho nitro benzene ring substituents is 1. The Morgan fingerprint density at radius 2 is 1.54 bits per heavy atom. The highest BCUT2D eigenvalue weighted by Gasteiger charge is 2.22. The van der Waals surface area contributed by atoms with Crippen LogP contribution in [0.25, 0.3) is 0 Å². The molecule has 5 heteroatoms. The van der Waals surface area contributed by atoms with E-state index in [0.29, 0.717) is 5.56 Å². The van der Waals surface area contributed by atoms with Gasteiger partial charge in [0.25, 0.3) is 5.69 Å². The molecular formula is C21H20N2O3. The maximum Gasteiger partial charge on any atom is 0.273 e. The first-order valence-corrected chi connectivity index (χ1v) is 8.27. The van der Waals surface area contributed by atoms with Crippen LogP contribution in [0.4, 0.5) is 11.4 Å². The average Bonchev–Trinajstić information content (AvgIpc) is 2.64. The van der Waals surface area contributed by atoms with Crippen molar-refractivity contribution in [1.82, 2.24) is 0 Å². The van der Waals surface area contributed by atoms with Gasteiger partial charge in [-0.05, 0) is 29.3 Å². The van der Waals surface area contributed by atoms with Gasteiger partial charge in [0, 0.05) is 37.3 Å². The van der Waals surface area contributed by atoms with E-state index in [4.69, 9.17) is 0 Å². The number of phenolic OH excluding ortho intramolecular Hbond substituents is 1. The zero-order chi connectivity index (χ0) is 18.7. The molecule has 3 aromatic rings. The molecule has 1 unspecified atom stereocenters. The second-order valence-electron chi connectivity index (χ2n) is 6.33. The molecule has 0 spiro atoms. The van der Waals surface area contributed by atoms with Crippen molar-refractivity contribution in [3.63, 3.8) is 0 Å². The molecule has 26 heavy (non-hydrogen) atoms. The van der Waals surface area contributed by atoms with Crippen LogP contribution in [0.2, 0.25) is 0 Å². The van der Waals surface area contributed by atoms with Crippen molar-refractivity contribution >= 4 is 11.4 Å². The molecule has 1 atom stereocenters. The van der Waals surface area contributed by atoms with Crippen molar-refractivity contribution in [3.05, 3.63) is 99.6 Å². The molecule has 0 amide bonds. The predicted molar refractivity (Wildman–Crippen MR) is 103 cm³/mol. The fourth-order valence-electron chi connectivity index (χ4n) is 3.05. The zero-order valence-corrected chi connectivity index (χ0v) is 14.7. The van der Waals surface area contributed by atoms with Crippen LogP contribution in [-0.2, 0) is 0 Å². The van der Waals surface area contributed by atoms with E-state index in [1.807, 2.05) is 73.6 Å². The minimum Gasteiger partial charge on any atom is -0.507 e. The normalized spacial score (nSPS) is 11.8. The van der Waals surface area contributed by atoms with E-state index in [-0.39, 0.29) is 17.4 Å². The molecule has 0 fully saturated rings. The molecule has 132 valence electrons. The van der Waals surface area contributed by atoms with Gasteiger partial charge in [0.15, 0.2) is 0 Å². The third kappa shape index (κ3) is 3.52. The number of benzene rings is 3. The number of rotatable bonds is 5. The number of hydrogen-bond donors (Lipinski definition) is 1. The minimum atomic E-state index is -0.507. The Morgan fingerprint density at radius 1 is 0.923 bits per heavy atom. The molecule has 0 saturated carbocycles. The fourth-order valence-corrected chi connectivity index (χ4v) is 3.05. The Kier molecular flexibility index (Phi) is 4.89. The van der Waals surface area contributed by atoms with E-state index < -0.39 is 4.92 Å². The SMILES string of the molecule is CN(C)c1ccc(C(c2ccccc2)c2ccc([N+](=O)[O-])cc2O)cc1. The van der Waals surface area contributed by atoms with E-state index in [9.17, 15) is 15.2 Å². The smallest absolute Gasteiger partial charge is 0.273 e. The largest absolute Gasteiger partial charge is 0.507 e. The van der Waals surface area contributed by atoms with Gasteiger partial charge in [0.1, 0.15) is 5.75 Å². The summed E-state index contributed by atoms with van der Waals surface area (Å²) >= 11 is 0. The van der Waals surface area contributed by atoms with Crippen LogP contribution in [-0.4, -0.2) is 24.1 Å². The summed E-state index contributed by atoms with van der Waals surface area (Å²) in [5.41, 5.74) is 3.61. The van der Waals surface area contributed by atoms with Gasteiger partial charge in [0.2, 0.25) is 0 Å². The van der Waals surface area contributed by atoms with Gasteiger partial charge in [-0.3, -0.25) is 10.1 Å². The second kappa shape index (κ2) is 7.27. The third-order valence-corrected chi connectivity index (χ3v) is 4.41. The van der Waals surface area contributed by atoms with Gasteiger partial charge >= 0.3 is 0 Å². The molecule has 0 heterocycles. The Bertz CT molecular complexity index is 906. The highest BCUT2D eigenvalue weighted by molar-refractivity contribution is 5.55. The summed E-state index contributed by atoms with van der Waals surface area (Å²) in [4.78, 5) is 12.5. The summed E-state index contributed by atoms with van der Waals surface area (Å²) in [5, 5.41) is 21.4. The lowest BCUT2D eigenvalue weighted by Gasteiger charge is -2.21. The van der Waals surface area contributed by atoms with Crippen LogP contribution in [0, 0.1) is 10.1 Å². The summed E-state index contributed by atoms with van der Waals surface area (Å²) in [6.45, 7) is 0. The molecule has 0 aromatic heterocycles. The molecule has 0 saturated heterocycles. The number of nitro groups is 1. The van der Waals surface area contributed by atoms with Gasteiger partial charge in [0.05, 0.1) is 11.0 Å². The van der Waals surface area contributed by atoms with Crippen molar-refractivity contribution in [2.24, 2.45) is 0 Å². The summed E-state index contributed by atoms with van der Waals surface area (Å²) in [6, 6.07) is 22.2. The lowest BCUT2D eigenvalue weighted by atomic mass is 9.84. The highest BCUT2D eigenvalue weighted by Crippen LogP contribution is 2.38. The van der Waals surface area contributed by atoms with Crippen molar-refractivity contribution < 1.29 is 10.0 Å². The number of nitro benzene ring substituents is 1. The summed E-state index contributed by atoms with van der Waals surface area (Å²) < 4.78 is 0. The van der Waals surface area contributed by atoms with E-state index in [0.717, 1.165) is 16.8 Å². The molecule has 0 aliphatic carbocycles. The predicted octanol–water partition coefficient (Wildman–Crippen LogP) is 4.55. The summed E-state index contributed by atoms with van der Waals surface area (Å²) in [7, 11) is 3.96. The zero-order valence-electron chi connectivity index (χ0n) is 14.7. The third-order valence-electron chi connectivity index (χ3n) is 4.41.